The first-order chi connectivity index (χ1) is 25.6. The number of amides is 4. The Morgan fingerprint density at radius 1 is 0.849 bits per heavy atom. The van der Waals surface area contributed by atoms with E-state index in [-0.39, 0.29) is 30.6 Å². The summed E-state index contributed by atoms with van der Waals surface area (Å²) in [6, 6.07) is 16.2. The van der Waals surface area contributed by atoms with Crippen LogP contribution < -0.4 is 21.3 Å². The van der Waals surface area contributed by atoms with Crippen molar-refractivity contribution in [3.05, 3.63) is 90.0 Å². The van der Waals surface area contributed by atoms with Crippen LogP contribution in [0.1, 0.15) is 88.5 Å². The van der Waals surface area contributed by atoms with Gasteiger partial charge in [0.15, 0.2) is 0 Å². The van der Waals surface area contributed by atoms with E-state index in [0.29, 0.717) is 50.3 Å². The second-order valence-corrected chi connectivity index (χ2v) is 14.8. The molecule has 4 amide bonds. The Bertz CT molecular complexity index is 1530. The lowest BCUT2D eigenvalue weighted by molar-refractivity contribution is -0.131. The summed E-state index contributed by atoms with van der Waals surface area (Å²) < 4.78 is 0. The molecule has 1 aliphatic carbocycles. The molecule has 288 valence electrons. The molecule has 0 bridgehead atoms. The minimum atomic E-state index is -1.35. The molecule has 0 spiro atoms. The molecule has 53 heavy (non-hydrogen) atoms. The van der Waals surface area contributed by atoms with Crippen molar-refractivity contribution in [1.82, 2.24) is 31.2 Å². The first-order valence-electron chi connectivity index (χ1n) is 19.2. The largest absolute Gasteiger partial charge is 0.465 e. The minimum Gasteiger partial charge on any atom is -0.465 e. The van der Waals surface area contributed by atoms with Crippen LogP contribution in [0.15, 0.2) is 73.2 Å². The quantitative estimate of drug-likeness (QED) is 0.0810. The van der Waals surface area contributed by atoms with E-state index < -0.39 is 42.1 Å². The first-order valence-corrected chi connectivity index (χ1v) is 19.2. The lowest BCUT2D eigenvalue weighted by Crippen LogP contribution is -2.57. The van der Waals surface area contributed by atoms with Crippen LogP contribution in [-0.4, -0.2) is 74.8 Å². The number of nitrogens with one attached hydrogen (secondary N) is 5. The Hall–Kier alpha value is -4.71. The van der Waals surface area contributed by atoms with Gasteiger partial charge in [0, 0.05) is 37.7 Å². The molecule has 1 aliphatic rings. The molecule has 4 rings (SSSR count). The van der Waals surface area contributed by atoms with Crippen LogP contribution in [0.4, 0.5) is 4.79 Å². The smallest absolute Gasteiger partial charge is 0.405 e. The number of benzene rings is 2. The van der Waals surface area contributed by atoms with Crippen molar-refractivity contribution in [2.75, 3.05) is 6.54 Å². The van der Waals surface area contributed by atoms with Gasteiger partial charge in [-0.2, -0.15) is 0 Å². The maximum atomic E-state index is 14.1. The number of carbonyl (C=O) groups is 4. The van der Waals surface area contributed by atoms with Gasteiger partial charge in [0.2, 0.25) is 17.7 Å². The number of carboxylic acid groups (broad SMARTS) is 1. The van der Waals surface area contributed by atoms with E-state index in [2.05, 4.69) is 45.1 Å². The summed E-state index contributed by atoms with van der Waals surface area (Å²) in [4.78, 5) is 59.1. The highest BCUT2D eigenvalue weighted by Crippen LogP contribution is 2.30. The topological polar surface area (TPSA) is 186 Å². The van der Waals surface area contributed by atoms with Crippen molar-refractivity contribution in [1.29, 1.82) is 0 Å². The Balaban J connectivity index is 1.44. The van der Waals surface area contributed by atoms with Crippen LogP contribution in [-0.2, 0) is 33.6 Å². The molecule has 0 aliphatic heterocycles. The maximum Gasteiger partial charge on any atom is 0.405 e. The lowest BCUT2D eigenvalue weighted by atomic mass is 9.80. The summed E-state index contributed by atoms with van der Waals surface area (Å²) in [7, 11) is 0. The number of aliphatic hydroxyl groups excluding tert-OH is 1. The summed E-state index contributed by atoms with van der Waals surface area (Å²) in [5.41, 5.74) is 2.50. The predicted octanol–water partition coefficient (Wildman–Crippen LogP) is 4.93. The fourth-order valence-corrected chi connectivity index (χ4v) is 7.27. The number of aromatic amines is 1. The summed E-state index contributed by atoms with van der Waals surface area (Å²) in [6.45, 7) is 4.71. The number of hydrogen-bond donors (Lipinski definition) is 7. The van der Waals surface area contributed by atoms with Gasteiger partial charge in [-0.15, -0.1) is 0 Å². The van der Waals surface area contributed by atoms with Crippen LogP contribution in [0.2, 0.25) is 0 Å². The van der Waals surface area contributed by atoms with Crippen molar-refractivity contribution < 1.29 is 29.4 Å². The molecule has 12 nitrogen and oxygen atoms in total. The summed E-state index contributed by atoms with van der Waals surface area (Å²) in [5, 5.41) is 32.6. The number of hydrogen-bond acceptors (Lipinski definition) is 6. The number of nitrogens with zero attached hydrogens (tertiary/aromatic N) is 1. The highest BCUT2D eigenvalue weighted by atomic mass is 16.4. The monoisotopic (exact) mass is 730 g/mol. The Labute approximate surface area is 313 Å². The van der Waals surface area contributed by atoms with Crippen molar-refractivity contribution >= 4 is 23.8 Å². The summed E-state index contributed by atoms with van der Waals surface area (Å²) >= 11 is 0. The molecule has 0 unspecified atom stereocenters. The summed E-state index contributed by atoms with van der Waals surface area (Å²) in [5.74, 6) is -0.437. The van der Waals surface area contributed by atoms with Crippen LogP contribution in [0.5, 0.6) is 0 Å². The molecule has 12 heteroatoms. The molecule has 1 fully saturated rings. The van der Waals surface area contributed by atoms with Crippen LogP contribution in [0, 0.1) is 17.8 Å². The third kappa shape index (κ3) is 14.7. The molecule has 2 aromatic carbocycles. The SMILES string of the molecule is CC(C)[C@@H](CCNC(=O)CCc1ccccc1)C[C@H](O)[C@H](CC1CCCCC1)NC(=O)[C@H](Cc1cnc[nH]1)NC(=O)[C@H](Cc1ccccc1)NC(=O)O. The zero-order valence-electron chi connectivity index (χ0n) is 31.1. The Morgan fingerprint density at radius 2 is 1.49 bits per heavy atom. The highest BCUT2D eigenvalue weighted by Gasteiger charge is 2.33. The zero-order valence-corrected chi connectivity index (χ0v) is 31.1. The second-order valence-electron chi connectivity index (χ2n) is 14.8. The Kier molecular flexibility index (Phi) is 16.8. The van der Waals surface area contributed by atoms with Crippen molar-refractivity contribution in [2.45, 2.75) is 115 Å². The third-order valence-corrected chi connectivity index (χ3v) is 10.4. The molecule has 7 N–H and O–H groups in total. The van der Waals surface area contributed by atoms with Gasteiger partial charge in [-0.3, -0.25) is 14.4 Å². The fourth-order valence-electron chi connectivity index (χ4n) is 7.27. The minimum absolute atomic E-state index is 0.00531. The van der Waals surface area contributed by atoms with E-state index in [0.717, 1.165) is 36.8 Å². The van der Waals surface area contributed by atoms with Crippen molar-refractivity contribution in [3.63, 3.8) is 0 Å². The normalized spacial score (nSPS) is 16.2. The van der Waals surface area contributed by atoms with E-state index in [1.54, 1.807) is 18.3 Å². The number of H-pyrrole nitrogens is 1. The average molecular weight is 731 g/mol. The molecule has 1 saturated carbocycles. The number of aryl methyl sites for hydroxylation is 1. The molecule has 0 saturated heterocycles. The van der Waals surface area contributed by atoms with E-state index in [9.17, 15) is 29.4 Å². The second kappa shape index (κ2) is 21.7. The number of aliphatic hydroxyl groups is 1. The number of imidazole rings is 1. The highest BCUT2D eigenvalue weighted by molar-refractivity contribution is 5.91. The summed E-state index contributed by atoms with van der Waals surface area (Å²) in [6.07, 6.45) is 9.31. The molecular weight excluding hydrogens is 672 g/mol. The number of rotatable bonds is 21. The van der Waals surface area contributed by atoms with Gasteiger partial charge < -0.3 is 36.5 Å². The van der Waals surface area contributed by atoms with Gasteiger partial charge in [-0.25, -0.2) is 9.78 Å². The third-order valence-electron chi connectivity index (χ3n) is 10.4. The van der Waals surface area contributed by atoms with Crippen LogP contribution >= 0.6 is 0 Å². The van der Waals surface area contributed by atoms with E-state index in [4.69, 9.17) is 0 Å². The van der Waals surface area contributed by atoms with Gasteiger partial charge in [0.25, 0.3) is 0 Å². The molecule has 1 aromatic heterocycles. The lowest BCUT2D eigenvalue weighted by Gasteiger charge is -2.34. The average Bonchev–Trinajstić information content (AvgIpc) is 3.67. The maximum absolute atomic E-state index is 14.1. The van der Waals surface area contributed by atoms with Crippen molar-refractivity contribution in [2.24, 2.45) is 17.8 Å². The molecular formula is C41H58N6O6. The molecule has 1 heterocycles. The molecule has 3 aromatic rings. The van der Waals surface area contributed by atoms with Gasteiger partial charge in [0.05, 0.1) is 18.5 Å². The van der Waals surface area contributed by atoms with Gasteiger partial charge in [0.1, 0.15) is 12.1 Å². The van der Waals surface area contributed by atoms with Crippen LogP contribution in [0.25, 0.3) is 0 Å². The van der Waals surface area contributed by atoms with Gasteiger partial charge >= 0.3 is 6.09 Å². The predicted molar refractivity (Wildman–Crippen MR) is 204 cm³/mol. The van der Waals surface area contributed by atoms with E-state index >= 15 is 0 Å². The molecule has 0 radical (unpaired) electrons. The molecule has 5 atom stereocenters. The van der Waals surface area contributed by atoms with Crippen LogP contribution in [0.3, 0.4) is 0 Å². The Morgan fingerprint density at radius 3 is 2.11 bits per heavy atom. The number of aromatic nitrogens is 2. The fraction of sp³-hybridized carbons (Fsp3) is 0.537. The zero-order chi connectivity index (χ0) is 38.0. The van der Waals surface area contributed by atoms with E-state index in [1.165, 1.54) is 12.7 Å². The standard InChI is InChI=1S/C41H58N6O6/c1-28(2)32(20-21-43-38(49)19-18-29-12-6-3-7-13-29)24-37(48)34(22-30-14-8-4-9-15-30)45-40(51)36(25-33-26-42-27-44-33)46-39(50)35(47-41(52)53)23-31-16-10-5-11-17-31/h3,5-7,10-13,16-17,26-28,30,32,34-37,47-48H,4,8-9,14-15,18-25H2,1-2H3,(H,42,44)(H,43,49)(H,45,51)(H,46,50)(H,52,53)/t32-,34-,35-,36-,37-/m0/s1. The van der Waals surface area contributed by atoms with E-state index in [1.807, 2.05) is 48.5 Å². The van der Waals surface area contributed by atoms with Gasteiger partial charge in [-0.1, -0.05) is 107 Å². The van der Waals surface area contributed by atoms with Gasteiger partial charge in [-0.05, 0) is 54.6 Å². The number of carbonyl (C=O) groups excluding carboxylic acids is 3. The van der Waals surface area contributed by atoms with Crippen molar-refractivity contribution in [3.8, 4) is 0 Å². The first kappa shape index (κ1) is 41.1.